The molecule has 3 rings (SSSR count). The van der Waals surface area contributed by atoms with Gasteiger partial charge in [0.25, 0.3) is 0 Å². The lowest BCUT2D eigenvalue weighted by atomic mass is 9.86. The minimum absolute atomic E-state index is 0.174. The highest BCUT2D eigenvalue weighted by Gasteiger charge is 2.40. The molecule has 3 unspecified atom stereocenters. The zero-order valence-corrected chi connectivity index (χ0v) is 12.9. The van der Waals surface area contributed by atoms with Crippen molar-refractivity contribution >= 4 is 27.5 Å². The second kappa shape index (κ2) is 5.28. The van der Waals surface area contributed by atoms with Gasteiger partial charge in [0.15, 0.2) is 0 Å². The molecule has 2 aliphatic rings. The molecule has 0 heterocycles. The number of amides is 1. The van der Waals surface area contributed by atoms with Crippen molar-refractivity contribution < 1.29 is 4.79 Å². The van der Waals surface area contributed by atoms with E-state index in [1.807, 2.05) is 25.1 Å². The van der Waals surface area contributed by atoms with Crippen LogP contribution >= 0.6 is 15.9 Å². The van der Waals surface area contributed by atoms with Crippen molar-refractivity contribution in [3.63, 3.8) is 0 Å². The van der Waals surface area contributed by atoms with Crippen molar-refractivity contribution in [3.8, 4) is 0 Å². The molecule has 0 saturated heterocycles. The van der Waals surface area contributed by atoms with Crippen molar-refractivity contribution in [2.24, 2.45) is 17.8 Å². The third-order valence-corrected chi connectivity index (χ3v) is 5.64. The molecule has 3 heteroatoms. The van der Waals surface area contributed by atoms with E-state index in [1.54, 1.807) is 0 Å². The molecule has 0 radical (unpaired) electrons. The Labute approximate surface area is 123 Å². The fourth-order valence-corrected chi connectivity index (χ4v) is 4.13. The highest BCUT2D eigenvalue weighted by Crippen LogP contribution is 2.49. The lowest BCUT2D eigenvalue weighted by Crippen LogP contribution is -2.20. The van der Waals surface area contributed by atoms with Crippen molar-refractivity contribution in [3.05, 3.63) is 28.2 Å². The van der Waals surface area contributed by atoms with Gasteiger partial charge in [-0.2, -0.15) is 0 Å². The maximum Gasteiger partial charge on any atom is 0.224 e. The molecule has 102 valence electrons. The Balaban J connectivity index is 1.57. The van der Waals surface area contributed by atoms with Gasteiger partial charge in [0.1, 0.15) is 0 Å². The molecular weight excluding hydrogens is 302 g/mol. The number of fused-ring (bicyclic) bond motifs is 2. The number of hydrogen-bond acceptors (Lipinski definition) is 1. The van der Waals surface area contributed by atoms with Gasteiger partial charge in [-0.05, 0) is 61.6 Å². The van der Waals surface area contributed by atoms with E-state index in [9.17, 15) is 4.79 Å². The Hall–Kier alpha value is -0.830. The molecule has 1 aromatic rings. The first-order valence-electron chi connectivity index (χ1n) is 7.18. The third-order valence-electron chi connectivity index (χ3n) is 4.79. The summed E-state index contributed by atoms with van der Waals surface area (Å²) in [5.74, 6) is 2.54. The third kappa shape index (κ3) is 2.86. The summed E-state index contributed by atoms with van der Waals surface area (Å²) in [6.45, 7) is 2.05. The molecular formula is C16H20BrNO. The lowest BCUT2D eigenvalue weighted by molar-refractivity contribution is -0.117. The number of halogens is 1. The van der Waals surface area contributed by atoms with Crippen molar-refractivity contribution in [2.45, 2.75) is 39.0 Å². The van der Waals surface area contributed by atoms with Crippen LogP contribution in [-0.2, 0) is 4.79 Å². The van der Waals surface area contributed by atoms with Crippen molar-refractivity contribution in [1.82, 2.24) is 0 Å². The summed E-state index contributed by atoms with van der Waals surface area (Å²) >= 11 is 3.50. The van der Waals surface area contributed by atoms with Gasteiger partial charge < -0.3 is 5.32 Å². The molecule has 2 nitrogen and oxygen atoms in total. The van der Waals surface area contributed by atoms with Gasteiger partial charge >= 0.3 is 0 Å². The Morgan fingerprint density at radius 1 is 1.37 bits per heavy atom. The quantitative estimate of drug-likeness (QED) is 0.871. The molecule has 1 aromatic carbocycles. The molecule has 2 fully saturated rings. The molecule has 2 aliphatic carbocycles. The first kappa shape index (κ1) is 13.2. The normalized spacial score (nSPS) is 28.6. The molecule has 3 atom stereocenters. The van der Waals surface area contributed by atoms with Gasteiger partial charge in [0, 0.05) is 16.6 Å². The van der Waals surface area contributed by atoms with Crippen molar-refractivity contribution in [2.75, 3.05) is 5.32 Å². The van der Waals surface area contributed by atoms with Crippen LogP contribution in [0.5, 0.6) is 0 Å². The smallest absolute Gasteiger partial charge is 0.224 e. The number of hydrogen-bond donors (Lipinski definition) is 1. The van der Waals surface area contributed by atoms with Crippen LogP contribution in [0.3, 0.4) is 0 Å². The van der Waals surface area contributed by atoms with E-state index in [0.29, 0.717) is 12.3 Å². The van der Waals surface area contributed by atoms with E-state index in [-0.39, 0.29) is 5.91 Å². The summed E-state index contributed by atoms with van der Waals surface area (Å²) in [4.78, 5) is 12.1. The van der Waals surface area contributed by atoms with Gasteiger partial charge in [0.05, 0.1) is 0 Å². The predicted molar refractivity (Wildman–Crippen MR) is 81.1 cm³/mol. The maximum absolute atomic E-state index is 12.1. The number of aryl methyl sites for hydroxylation is 1. The van der Waals surface area contributed by atoms with Gasteiger partial charge in [-0.1, -0.05) is 28.4 Å². The van der Waals surface area contributed by atoms with E-state index >= 15 is 0 Å². The molecule has 0 aliphatic heterocycles. The largest absolute Gasteiger partial charge is 0.326 e. The number of carbonyl (C=O) groups is 1. The minimum atomic E-state index is 0.174. The summed E-state index contributed by atoms with van der Waals surface area (Å²) in [7, 11) is 0. The average Bonchev–Trinajstić information content (AvgIpc) is 2.96. The van der Waals surface area contributed by atoms with Gasteiger partial charge in [0.2, 0.25) is 5.91 Å². The van der Waals surface area contributed by atoms with Crippen LogP contribution in [0.1, 0.15) is 37.7 Å². The zero-order valence-electron chi connectivity index (χ0n) is 11.3. The summed E-state index contributed by atoms with van der Waals surface area (Å²) in [6.07, 6.45) is 6.09. The van der Waals surface area contributed by atoms with Gasteiger partial charge in [-0.15, -0.1) is 0 Å². The molecule has 1 amide bonds. The van der Waals surface area contributed by atoms with Crippen molar-refractivity contribution in [1.29, 1.82) is 0 Å². The molecule has 19 heavy (non-hydrogen) atoms. The summed E-state index contributed by atoms with van der Waals surface area (Å²) in [5.41, 5.74) is 2.08. The lowest BCUT2D eigenvalue weighted by Gasteiger charge is -2.20. The summed E-state index contributed by atoms with van der Waals surface area (Å²) in [6, 6.07) is 5.98. The topological polar surface area (TPSA) is 29.1 Å². The summed E-state index contributed by atoms with van der Waals surface area (Å²) < 4.78 is 1.05. The Morgan fingerprint density at radius 3 is 2.84 bits per heavy atom. The van der Waals surface area contributed by atoms with Crippen LogP contribution in [0.25, 0.3) is 0 Å². The highest BCUT2D eigenvalue weighted by atomic mass is 79.9. The summed E-state index contributed by atoms with van der Waals surface area (Å²) in [5, 5.41) is 3.03. The van der Waals surface area contributed by atoms with Crippen LogP contribution < -0.4 is 5.32 Å². The van der Waals surface area contributed by atoms with E-state index in [2.05, 4.69) is 21.2 Å². The number of carbonyl (C=O) groups excluding carboxylic acids is 1. The standard InChI is InChI=1S/C16H20BrNO/c1-10-2-5-14(9-15(10)17)18-16(19)8-13-7-11-3-4-12(13)6-11/h2,5,9,11-13H,3-4,6-8H2,1H3,(H,18,19). The monoisotopic (exact) mass is 321 g/mol. The number of rotatable bonds is 3. The van der Waals surface area contributed by atoms with Crippen LogP contribution in [0.2, 0.25) is 0 Å². The number of anilines is 1. The average molecular weight is 322 g/mol. The first-order valence-corrected chi connectivity index (χ1v) is 7.97. The second-order valence-corrected chi connectivity index (χ2v) is 7.01. The molecule has 2 bridgehead atoms. The minimum Gasteiger partial charge on any atom is -0.326 e. The predicted octanol–water partition coefficient (Wildman–Crippen LogP) is 4.52. The van der Waals surface area contributed by atoms with Crippen LogP contribution in [0, 0.1) is 24.7 Å². The SMILES string of the molecule is Cc1ccc(NC(=O)CC2CC3CCC2C3)cc1Br. The molecule has 0 spiro atoms. The number of benzene rings is 1. The van der Waals surface area contributed by atoms with E-state index in [1.165, 1.54) is 31.2 Å². The van der Waals surface area contributed by atoms with E-state index in [0.717, 1.165) is 22.0 Å². The van der Waals surface area contributed by atoms with Crippen LogP contribution in [0.4, 0.5) is 5.69 Å². The first-order chi connectivity index (χ1) is 9.11. The molecule has 0 aromatic heterocycles. The Kier molecular flexibility index (Phi) is 3.66. The van der Waals surface area contributed by atoms with E-state index in [4.69, 9.17) is 0 Å². The molecule has 1 N–H and O–H groups in total. The fourth-order valence-electron chi connectivity index (χ4n) is 3.75. The van der Waals surface area contributed by atoms with Crippen LogP contribution in [-0.4, -0.2) is 5.91 Å². The second-order valence-electron chi connectivity index (χ2n) is 6.15. The van der Waals surface area contributed by atoms with E-state index < -0.39 is 0 Å². The zero-order chi connectivity index (χ0) is 13.4. The maximum atomic E-state index is 12.1. The molecule has 2 saturated carbocycles. The Morgan fingerprint density at radius 2 is 2.21 bits per heavy atom. The Bertz CT molecular complexity index is 500. The van der Waals surface area contributed by atoms with Gasteiger partial charge in [-0.25, -0.2) is 0 Å². The number of nitrogens with one attached hydrogen (secondary N) is 1. The fraction of sp³-hybridized carbons (Fsp3) is 0.562. The van der Waals surface area contributed by atoms with Gasteiger partial charge in [-0.3, -0.25) is 4.79 Å². The van der Waals surface area contributed by atoms with Crippen LogP contribution in [0.15, 0.2) is 22.7 Å². The highest BCUT2D eigenvalue weighted by molar-refractivity contribution is 9.10.